The Bertz CT molecular complexity index is 984. The van der Waals surface area contributed by atoms with Crippen LogP contribution in [0.4, 0.5) is 5.69 Å². The van der Waals surface area contributed by atoms with Gasteiger partial charge in [-0.05, 0) is 66.2 Å². The molecule has 0 radical (unpaired) electrons. The molecule has 5 nitrogen and oxygen atoms in total. The number of carbonyl (C=O) groups excluding carboxylic acids is 1. The van der Waals surface area contributed by atoms with Gasteiger partial charge in [-0.25, -0.2) is 4.79 Å². The lowest BCUT2D eigenvalue weighted by molar-refractivity contribution is 0.0696. The topological polar surface area (TPSA) is 86.6 Å². The SMILES string of the molecule is O=C(O)c1ccc(NC(CC(=O)c2ccc(O)cc2)c2cccc(Cl)c2)cc1. The zero-order valence-electron chi connectivity index (χ0n) is 14.8. The summed E-state index contributed by atoms with van der Waals surface area (Å²) in [7, 11) is 0. The van der Waals surface area contributed by atoms with Gasteiger partial charge in [0.1, 0.15) is 5.75 Å². The number of benzene rings is 3. The maximum absolute atomic E-state index is 12.7. The third kappa shape index (κ3) is 4.90. The predicted molar refractivity (Wildman–Crippen MR) is 108 cm³/mol. The van der Waals surface area contributed by atoms with Crippen molar-refractivity contribution < 1.29 is 19.8 Å². The van der Waals surface area contributed by atoms with Crippen LogP contribution in [0, 0.1) is 0 Å². The Hall–Kier alpha value is -3.31. The first kappa shape index (κ1) is 19.5. The van der Waals surface area contributed by atoms with Crippen molar-refractivity contribution in [1.29, 1.82) is 0 Å². The van der Waals surface area contributed by atoms with E-state index in [0.717, 1.165) is 5.56 Å². The summed E-state index contributed by atoms with van der Waals surface area (Å²) in [5.41, 5.74) is 2.20. The maximum atomic E-state index is 12.7. The van der Waals surface area contributed by atoms with Crippen molar-refractivity contribution in [2.24, 2.45) is 0 Å². The van der Waals surface area contributed by atoms with E-state index in [0.29, 0.717) is 16.3 Å². The van der Waals surface area contributed by atoms with E-state index in [2.05, 4.69) is 5.32 Å². The van der Waals surface area contributed by atoms with Crippen molar-refractivity contribution >= 4 is 29.0 Å². The first-order valence-electron chi connectivity index (χ1n) is 8.60. The first-order chi connectivity index (χ1) is 13.4. The van der Waals surface area contributed by atoms with Crippen LogP contribution in [0.1, 0.15) is 38.7 Å². The number of carbonyl (C=O) groups is 2. The highest BCUT2D eigenvalue weighted by Crippen LogP contribution is 2.27. The molecule has 142 valence electrons. The molecule has 1 atom stereocenters. The maximum Gasteiger partial charge on any atom is 0.335 e. The standard InChI is InChI=1S/C22H18ClNO4/c23-17-3-1-2-16(12-17)20(13-21(26)14-6-10-19(25)11-7-14)24-18-8-4-15(5-9-18)22(27)28/h1-12,20,24-25H,13H2,(H,27,28). The summed E-state index contributed by atoms with van der Waals surface area (Å²) in [5.74, 6) is -1.00. The molecule has 0 saturated carbocycles. The zero-order valence-corrected chi connectivity index (χ0v) is 15.6. The highest BCUT2D eigenvalue weighted by molar-refractivity contribution is 6.30. The van der Waals surface area contributed by atoms with Gasteiger partial charge >= 0.3 is 5.97 Å². The molecule has 0 fully saturated rings. The summed E-state index contributed by atoms with van der Waals surface area (Å²) in [6.45, 7) is 0. The number of anilines is 1. The van der Waals surface area contributed by atoms with E-state index in [1.165, 1.54) is 24.3 Å². The largest absolute Gasteiger partial charge is 0.508 e. The van der Waals surface area contributed by atoms with Crippen molar-refractivity contribution in [1.82, 2.24) is 0 Å². The molecule has 1 unspecified atom stereocenters. The van der Waals surface area contributed by atoms with E-state index in [9.17, 15) is 14.7 Å². The highest BCUT2D eigenvalue weighted by Gasteiger charge is 2.18. The lowest BCUT2D eigenvalue weighted by atomic mass is 9.97. The van der Waals surface area contributed by atoms with Gasteiger partial charge in [-0.3, -0.25) is 4.79 Å². The molecule has 0 aliphatic heterocycles. The molecule has 0 aromatic heterocycles. The molecular formula is C22H18ClNO4. The fourth-order valence-corrected chi connectivity index (χ4v) is 3.04. The average Bonchev–Trinajstić information content (AvgIpc) is 2.68. The van der Waals surface area contributed by atoms with Crippen LogP contribution in [0.15, 0.2) is 72.8 Å². The molecule has 28 heavy (non-hydrogen) atoms. The number of phenolic OH excluding ortho intramolecular Hbond substituents is 1. The average molecular weight is 396 g/mol. The molecule has 3 rings (SSSR count). The monoisotopic (exact) mass is 395 g/mol. The summed E-state index contributed by atoms with van der Waals surface area (Å²) in [5, 5.41) is 22.3. The number of Topliss-reactive ketones (excluding diaryl/α,β-unsaturated/α-hetero) is 1. The summed E-state index contributed by atoms with van der Waals surface area (Å²) >= 11 is 6.11. The molecule has 0 aliphatic rings. The van der Waals surface area contributed by atoms with E-state index in [-0.39, 0.29) is 29.6 Å². The molecular weight excluding hydrogens is 378 g/mol. The van der Waals surface area contributed by atoms with Gasteiger partial charge < -0.3 is 15.5 Å². The van der Waals surface area contributed by atoms with Crippen LogP contribution in [0.3, 0.4) is 0 Å². The second kappa shape index (κ2) is 8.59. The van der Waals surface area contributed by atoms with Gasteiger partial charge in [0.15, 0.2) is 5.78 Å². The molecule has 3 aromatic rings. The van der Waals surface area contributed by atoms with Crippen LogP contribution in [-0.2, 0) is 0 Å². The van der Waals surface area contributed by atoms with Crippen LogP contribution < -0.4 is 5.32 Å². The lowest BCUT2D eigenvalue weighted by Gasteiger charge is -2.20. The van der Waals surface area contributed by atoms with Crippen molar-refractivity contribution in [3.63, 3.8) is 0 Å². The second-order valence-corrected chi connectivity index (χ2v) is 6.75. The molecule has 0 bridgehead atoms. The van der Waals surface area contributed by atoms with Crippen LogP contribution in [0.25, 0.3) is 0 Å². The second-order valence-electron chi connectivity index (χ2n) is 6.31. The van der Waals surface area contributed by atoms with Gasteiger partial charge in [0.25, 0.3) is 0 Å². The van der Waals surface area contributed by atoms with E-state index >= 15 is 0 Å². The molecule has 6 heteroatoms. The van der Waals surface area contributed by atoms with Gasteiger partial charge in [0.2, 0.25) is 0 Å². The Morgan fingerprint density at radius 1 is 0.929 bits per heavy atom. The molecule has 3 N–H and O–H groups in total. The first-order valence-corrected chi connectivity index (χ1v) is 8.98. The van der Waals surface area contributed by atoms with Crippen LogP contribution in [-0.4, -0.2) is 22.0 Å². The number of nitrogens with one attached hydrogen (secondary N) is 1. The molecule has 0 aliphatic carbocycles. The van der Waals surface area contributed by atoms with Crippen molar-refractivity contribution in [3.05, 3.63) is 94.5 Å². The Morgan fingerprint density at radius 3 is 2.18 bits per heavy atom. The van der Waals surface area contributed by atoms with Crippen molar-refractivity contribution in [2.45, 2.75) is 12.5 Å². The molecule has 0 heterocycles. The van der Waals surface area contributed by atoms with E-state index in [1.54, 1.807) is 36.4 Å². The summed E-state index contributed by atoms with van der Waals surface area (Å²) in [6.07, 6.45) is 0.159. The number of hydrogen-bond donors (Lipinski definition) is 3. The number of carboxylic acid groups (broad SMARTS) is 1. The Labute approximate surface area is 167 Å². The summed E-state index contributed by atoms with van der Waals surface area (Å²) < 4.78 is 0. The van der Waals surface area contributed by atoms with E-state index in [4.69, 9.17) is 16.7 Å². The Balaban J connectivity index is 1.85. The Kier molecular flexibility index (Phi) is 5.96. The lowest BCUT2D eigenvalue weighted by Crippen LogP contribution is -2.16. The number of aromatic carboxylic acids is 1. The van der Waals surface area contributed by atoms with Crippen molar-refractivity contribution in [3.8, 4) is 5.75 Å². The normalized spacial score (nSPS) is 11.6. The van der Waals surface area contributed by atoms with Gasteiger partial charge in [0, 0.05) is 22.7 Å². The van der Waals surface area contributed by atoms with E-state index < -0.39 is 5.97 Å². The van der Waals surface area contributed by atoms with Crippen molar-refractivity contribution in [2.75, 3.05) is 5.32 Å². The molecule has 0 saturated heterocycles. The number of aromatic hydroxyl groups is 1. The fraction of sp³-hybridized carbons (Fsp3) is 0.0909. The van der Waals surface area contributed by atoms with Crippen LogP contribution in [0.5, 0.6) is 5.75 Å². The number of carboxylic acids is 1. The zero-order chi connectivity index (χ0) is 20.1. The minimum atomic E-state index is -1.000. The number of phenols is 1. The smallest absolute Gasteiger partial charge is 0.335 e. The fourth-order valence-electron chi connectivity index (χ4n) is 2.84. The number of ketones is 1. The van der Waals surface area contributed by atoms with Gasteiger partial charge in [0.05, 0.1) is 11.6 Å². The molecule has 3 aromatic carbocycles. The quantitative estimate of drug-likeness (QED) is 0.480. The number of hydrogen-bond acceptors (Lipinski definition) is 4. The molecule has 0 amide bonds. The minimum Gasteiger partial charge on any atom is -0.508 e. The van der Waals surface area contributed by atoms with E-state index in [1.807, 2.05) is 12.1 Å². The highest BCUT2D eigenvalue weighted by atomic mass is 35.5. The molecule has 0 spiro atoms. The number of rotatable bonds is 7. The summed E-state index contributed by atoms with van der Waals surface area (Å²) in [4.78, 5) is 23.7. The third-order valence-corrected chi connectivity index (χ3v) is 4.54. The van der Waals surface area contributed by atoms with Crippen LogP contribution >= 0.6 is 11.6 Å². The Morgan fingerprint density at radius 2 is 1.57 bits per heavy atom. The summed E-state index contributed by atoms with van der Waals surface area (Å²) in [6, 6.07) is 19.3. The van der Waals surface area contributed by atoms with Gasteiger partial charge in [-0.2, -0.15) is 0 Å². The number of halogens is 1. The van der Waals surface area contributed by atoms with Gasteiger partial charge in [-0.1, -0.05) is 23.7 Å². The van der Waals surface area contributed by atoms with Crippen LogP contribution in [0.2, 0.25) is 5.02 Å². The minimum absolute atomic E-state index is 0.0968. The van der Waals surface area contributed by atoms with Gasteiger partial charge in [-0.15, -0.1) is 0 Å². The predicted octanol–water partition coefficient (Wildman–Crippen LogP) is 5.17. The third-order valence-electron chi connectivity index (χ3n) is 4.30.